The van der Waals surface area contributed by atoms with Crippen molar-refractivity contribution in [3.63, 3.8) is 0 Å². The van der Waals surface area contributed by atoms with Crippen molar-refractivity contribution >= 4 is 50.9 Å². The lowest BCUT2D eigenvalue weighted by Gasteiger charge is -2.13. The van der Waals surface area contributed by atoms with Crippen molar-refractivity contribution < 1.29 is 24.2 Å². The van der Waals surface area contributed by atoms with E-state index in [2.05, 4.69) is 21.4 Å². The third-order valence-electron chi connectivity index (χ3n) is 4.96. The molecule has 1 aliphatic heterocycles. The maximum absolute atomic E-state index is 12.8. The molecule has 35 heavy (non-hydrogen) atoms. The molecule has 1 aliphatic rings. The molecule has 0 radical (unpaired) electrons. The molecule has 0 spiro atoms. The molecule has 3 aromatic rings. The molecule has 3 aromatic carbocycles. The second-order valence-electron chi connectivity index (χ2n) is 7.30. The highest BCUT2D eigenvalue weighted by Crippen LogP contribution is 2.38. The van der Waals surface area contributed by atoms with Gasteiger partial charge in [0.1, 0.15) is 12.2 Å². The first-order valence-corrected chi connectivity index (χ1v) is 10.8. The third kappa shape index (κ3) is 5.01. The first-order valence-electron chi connectivity index (χ1n) is 10.0. The molecule has 0 bridgehead atoms. The number of hydrogen-bond donors (Lipinski definition) is 1. The molecule has 12 heteroatoms. The zero-order valence-corrected chi connectivity index (χ0v) is 19.3. The average Bonchev–Trinajstić information content (AvgIpc) is 3.12. The number of carbonyl (C=O) groups is 2. The number of non-ortho nitro benzene ring substituents is 1. The van der Waals surface area contributed by atoms with Gasteiger partial charge in [0.2, 0.25) is 5.75 Å². The van der Waals surface area contributed by atoms with Crippen molar-refractivity contribution in [2.75, 3.05) is 5.01 Å². The van der Waals surface area contributed by atoms with E-state index >= 15 is 0 Å². The van der Waals surface area contributed by atoms with E-state index in [0.29, 0.717) is 11.3 Å². The number of hydrazine groups is 1. The van der Waals surface area contributed by atoms with Gasteiger partial charge in [-0.1, -0.05) is 30.3 Å². The summed E-state index contributed by atoms with van der Waals surface area (Å²) >= 11 is 3.24. The Morgan fingerprint density at radius 2 is 1.71 bits per heavy atom. The third-order valence-corrected chi connectivity index (χ3v) is 5.55. The minimum atomic E-state index is -0.664. The Morgan fingerprint density at radius 1 is 0.971 bits per heavy atom. The molecule has 0 saturated carbocycles. The van der Waals surface area contributed by atoms with Crippen LogP contribution in [0.15, 0.2) is 76.8 Å². The number of carbonyl (C=O) groups excluding carboxylic acids is 2. The summed E-state index contributed by atoms with van der Waals surface area (Å²) in [4.78, 5) is 46.7. The smallest absolute Gasteiger partial charge is 0.312 e. The highest BCUT2D eigenvalue weighted by Gasteiger charge is 2.34. The lowest BCUT2D eigenvalue weighted by Crippen LogP contribution is -2.35. The van der Waals surface area contributed by atoms with E-state index in [1.165, 1.54) is 36.4 Å². The molecule has 4 rings (SSSR count). The number of para-hydroxylation sites is 1. The van der Waals surface area contributed by atoms with Gasteiger partial charge in [-0.3, -0.25) is 35.2 Å². The molecule has 1 fully saturated rings. The number of amides is 2. The van der Waals surface area contributed by atoms with E-state index in [1.54, 1.807) is 36.4 Å². The zero-order valence-electron chi connectivity index (χ0n) is 17.7. The van der Waals surface area contributed by atoms with Crippen LogP contribution in [0.4, 0.5) is 17.1 Å². The molecule has 0 atom stereocenters. The Bertz CT molecular complexity index is 1390. The van der Waals surface area contributed by atoms with Gasteiger partial charge < -0.3 is 4.74 Å². The summed E-state index contributed by atoms with van der Waals surface area (Å²) in [6.07, 6.45) is 1.25. The molecule has 2 amide bonds. The van der Waals surface area contributed by atoms with Crippen LogP contribution in [0.3, 0.4) is 0 Å². The molecule has 0 unspecified atom stereocenters. The number of nitro groups is 2. The maximum atomic E-state index is 12.8. The van der Waals surface area contributed by atoms with Crippen LogP contribution in [0, 0.1) is 20.2 Å². The normalized spacial score (nSPS) is 14.2. The second-order valence-corrected chi connectivity index (χ2v) is 8.15. The number of nitrogens with zero attached hydrogens (tertiary/aromatic N) is 3. The van der Waals surface area contributed by atoms with Crippen molar-refractivity contribution in [3.8, 4) is 5.75 Å². The predicted molar refractivity (Wildman–Crippen MR) is 128 cm³/mol. The largest absolute Gasteiger partial charge is 0.481 e. The van der Waals surface area contributed by atoms with Crippen molar-refractivity contribution in [1.82, 2.24) is 5.43 Å². The summed E-state index contributed by atoms with van der Waals surface area (Å²) in [7, 11) is 0. The van der Waals surface area contributed by atoms with E-state index in [0.717, 1.165) is 5.01 Å². The van der Waals surface area contributed by atoms with Crippen molar-refractivity contribution in [2.24, 2.45) is 0 Å². The van der Waals surface area contributed by atoms with Crippen LogP contribution in [0.5, 0.6) is 5.75 Å². The lowest BCUT2D eigenvalue weighted by molar-refractivity contribution is -0.386. The molecule has 176 valence electrons. The van der Waals surface area contributed by atoms with Gasteiger partial charge in [0.05, 0.1) is 20.0 Å². The summed E-state index contributed by atoms with van der Waals surface area (Å²) in [5.41, 5.74) is 2.85. The monoisotopic (exact) mass is 538 g/mol. The highest BCUT2D eigenvalue weighted by molar-refractivity contribution is 9.10. The summed E-state index contributed by atoms with van der Waals surface area (Å²) in [6.45, 7) is -0.158. The van der Waals surface area contributed by atoms with Crippen LogP contribution in [0.25, 0.3) is 6.08 Å². The lowest BCUT2D eigenvalue weighted by atomic mass is 10.1. The van der Waals surface area contributed by atoms with Gasteiger partial charge in [0, 0.05) is 18.2 Å². The van der Waals surface area contributed by atoms with E-state index < -0.39 is 27.3 Å². The SMILES string of the molecule is O=C1NN(c2ccccc2)C(=O)/C1=C\c1cc(Br)c(OCc2cccc([N+](=O)[O-])c2)c([N+](=O)[O-])c1. The Hall–Kier alpha value is -4.58. The van der Waals surface area contributed by atoms with Crippen LogP contribution in [0.2, 0.25) is 0 Å². The Labute approximate surface area is 206 Å². The van der Waals surface area contributed by atoms with Crippen LogP contribution >= 0.6 is 15.9 Å². The number of nitrogens with one attached hydrogen (secondary N) is 1. The van der Waals surface area contributed by atoms with Gasteiger partial charge in [-0.05, 0) is 51.3 Å². The molecule has 1 N–H and O–H groups in total. The van der Waals surface area contributed by atoms with Gasteiger partial charge in [0.25, 0.3) is 17.5 Å². The van der Waals surface area contributed by atoms with Gasteiger partial charge >= 0.3 is 5.69 Å². The molecular formula is C23H15BrN4O7. The fourth-order valence-corrected chi connectivity index (χ4v) is 3.94. The fourth-order valence-electron chi connectivity index (χ4n) is 3.36. The summed E-state index contributed by atoms with van der Waals surface area (Å²) in [5.74, 6) is -1.36. The number of halogens is 1. The predicted octanol–water partition coefficient (Wildman–Crippen LogP) is 4.31. The number of ether oxygens (including phenoxy) is 1. The molecule has 11 nitrogen and oxygen atoms in total. The Kier molecular flexibility index (Phi) is 6.55. The van der Waals surface area contributed by atoms with Crippen LogP contribution in [-0.4, -0.2) is 21.7 Å². The van der Waals surface area contributed by atoms with Gasteiger partial charge in [-0.25, -0.2) is 5.01 Å². The van der Waals surface area contributed by atoms with Gasteiger partial charge in [0.15, 0.2) is 0 Å². The maximum Gasteiger partial charge on any atom is 0.312 e. The number of anilines is 1. The second kappa shape index (κ2) is 9.73. The molecule has 1 heterocycles. The van der Waals surface area contributed by atoms with Crippen molar-refractivity contribution in [3.05, 3.63) is 108 Å². The van der Waals surface area contributed by atoms with E-state index in [1.807, 2.05) is 0 Å². The fraction of sp³-hybridized carbons (Fsp3) is 0.0435. The van der Waals surface area contributed by atoms with Gasteiger partial charge in [-0.2, -0.15) is 0 Å². The van der Waals surface area contributed by atoms with Crippen molar-refractivity contribution in [2.45, 2.75) is 6.61 Å². The molecule has 0 aromatic heterocycles. The molecular weight excluding hydrogens is 524 g/mol. The Balaban J connectivity index is 1.62. The first kappa shape index (κ1) is 23.6. The zero-order chi connectivity index (χ0) is 25.1. The molecule has 1 saturated heterocycles. The summed E-state index contributed by atoms with van der Waals surface area (Å²) in [6, 6.07) is 16.8. The van der Waals surface area contributed by atoms with Crippen molar-refractivity contribution in [1.29, 1.82) is 0 Å². The van der Waals surface area contributed by atoms with Crippen LogP contribution < -0.4 is 15.2 Å². The van der Waals surface area contributed by atoms with E-state index in [9.17, 15) is 29.8 Å². The Morgan fingerprint density at radius 3 is 2.40 bits per heavy atom. The number of nitro benzene ring substituents is 2. The summed E-state index contributed by atoms with van der Waals surface area (Å²) in [5, 5.41) is 23.8. The average molecular weight is 539 g/mol. The quantitative estimate of drug-likeness (QED) is 0.204. The number of benzene rings is 3. The highest BCUT2D eigenvalue weighted by atomic mass is 79.9. The van der Waals surface area contributed by atoms with Crippen LogP contribution in [0.1, 0.15) is 11.1 Å². The van der Waals surface area contributed by atoms with E-state index in [-0.39, 0.29) is 33.7 Å². The minimum absolute atomic E-state index is 0.100. The minimum Gasteiger partial charge on any atom is -0.481 e. The summed E-state index contributed by atoms with van der Waals surface area (Å²) < 4.78 is 5.81. The number of rotatable bonds is 7. The first-order chi connectivity index (χ1) is 16.7. The molecule has 0 aliphatic carbocycles. The standard InChI is InChI=1S/C23H15BrN4O7/c24-19-11-15(10-18-22(29)25-26(23(18)30)16-6-2-1-3-7-16)12-20(28(33)34)21(19)35-13-14-5-4-8-17(9-14)27(31)32/h1-12H,13H2,(H,25,29)/b18-10-. The number of hydrogen-bond acceptors (Lipinski definition) is 7. The van der Waals surface area contributed by atoms with Crippen LogP contribution in [-0.2, 0) is 16.2 Å². The van der Waals surface area contributed by atoms with Gasteiger partial charge in [-0.15, -0.1) is 0 Å². The van der Waals surface area contributed by atoms with E-state index in [4.69, 9.17) is 4.74 Å². The topological polar surface area (TPSA) is 145 Å².